The Morgan fingerprint density at radius 2 is 2.04 bits per heavy atom. The van der Waals surface area contributed by atoms with Gasteiger partial charge in [0, 0.05) is 23.4 Å². The number of likely N-dealkylation sites (tertiary alicyclic amines) is 1. The van der Waals surface area contributed by atoms with Gasteiger partial charge >= 0.3 is 0 Å². The quantitative estimate of drug-likeness (QED) is 0.736. The van der Waals surface area contributed by atoms with Gasteiger partial charge in [0.05, 0.1) is 13.2 Å². The average molecular weight is 387 g/mol. The van der Waals surface area contributed by atoms with Crippen LogP contribution in [0.25, 0.3) is 0 Å². The number of piperidine rings is 1. The number of hydrogen-bond donors (Lipinski definition) is 1. The molecule has 1 atom stereocenters. The van der Waals surface area contributed by atoms with Crippen molar-refractivity contribution in [3.8, 4) is 5.75 Å². The lowest BCUT2D eigenvalue weighted by atomic mass is 9.95. The second-order valence-corrected chi connectivity index (χ2v) is 8.39. The van der Waals surface area contributed by atoms with Crippen molar-refractivity contribution in [3.63, 3.8) is 0 Å². The Morgan fingerprint density at radius 1 is 1.26 bits per heavy atom. The summed E-state index contributed by atoms with van der Waals surface area (Å²) in [5.41, 5.74) is 1.16. The number of nitrogens with zero attached hydrogens (tertiary/aromatic N) is 1. The minimum Gasteiger partial charge on any atom is -0.496 e. The topological polar surface area (TPSA) is 41.6 Å². The van der Waals surface area contributed by atoms with Crippen LogP contribution < -0.4 is 10.1 Å². The number of amides is 1. The number of carbonyl (C=O) groups is 1. The minimum absolute atomic E-state index is 0.119. The number of aryl methyl sites for hydroxylation is 1. The molecule has 0 saturated carbocycles. The van der Waals surface area contributed by atoms with E-state index in [0.29, 0.717) is 13.0 Å². The summed E-state index contributed by atoms with van der Waals surface area (Å²) in [6.07, 6.45) is 3.76. The summed E-state index contributed by atoms with van der Waals surface area (Å²) in [5, 5.41) is 5.23. The van der Waals surface area contributed by atoms with Gasteiger partial charge in [-0.3, -0.25) is 9.69 Å². The highest BCUT2D eigenvalue weighted by Crippen LogP contribution is 2.32. The van der Waals surface area contributed by atoms with E-state index >= 15 is 0 Å². The molecule has 1 N–H and O–H groups in total. The zero-order chi connectivity index (χ0) is 19.1. The second kappa shape index (κ2) is 9.90. The number of hydrogen-bond acceptors (Lipinski definition) is 4. The average Bonchev–Trinajstić information content (AvgIpc) is 3.22. The Labute approximate surface area is 166 Å². The van der Waals surface area contributed by atoms with Gasteiger partial charge in [-0.2, -0.15) is 0 Å². The molecule has 0 spiro atoms. The van der Waals surface area contributed by atoms with Crippen molar-refractivity contribution in [2.24, 2.45) is 5.92 Å². The Kier molecular flexibility index (Phi) is 7.30. The first kappa shape index (κ1) is 19.9. The number of ether oxygens (including phenoxy) is 1. The van der Waals surface area contributed by atoms with Gasteiger partial charge in [0.15, 0.2) is 0 Å². The Balaban J connectivity index is 1.65. The van der Waals surface area contributed by atoms with Gasteiger partial charge in [0.25, 0.3) is 0 Å². The zero-order valence-electron chi connectivity index (χ0n) is 16.3. The first-order valence-corrected chi connectivity index (χ1v) is 10.7. The number of rotatable bonds is 8. The number of thiophene rings is 1. The van der Waals surface area contributed by atoms with E-state index in [9.17, 15) is 4.79 Å². The van der Waals surface area contributed by atoms with E-state index in [1.54, 1.807) is 18.4 Å². The molecule has 1 aromatic carbocycles. The van der Waals surface area contributed by atoms with Crippen LogP contribution in [0.5, 0.6) is 5.75 Å². The molecule has 1 fully saturated rings. The summed E-state index contributed by atoms with van der Waals surface area (Å²) in [6, 6.07) is 12.5. The van der Waals surface area contributed by atoms with E-state index in [4.69, 9.17) is 4.74 Å². The third-order valence-corrected chi connectivity index (χ3v) is 6.36. The second-order valence-electron chi connectivity index (χ2n) is 7.36. The Hall–Kier alpha value is -1.85. The van der Waals surface area contributed by atoms with Crippen LogP contribution in [-0.4, -0.2) is 37.6 Å². The first-order valence-electron chi connectivity index (χ1n) is 9.83. The molecule has 5 heteroatoms. The molecule has 27 heavy (non-hydrogen) atoms. The number of carbonyl (C=O) groups excluding carboxylic acids is 1. The van der Waals surface area contributed by atoms with Gasteiger partial charge in [0.1, 0.15) is 5.75 Å². The van der Waals surface area contributed by atoms with E-state index in [1.165, 1.54) is 17.7 Å². The van der Waals surface area contributed by atoms with Crippen molar-refractivity contribution in [1.29, 1.82) is 0 Å². The van der Waals surface area contributed by atoms with Crippen LogP contribution in [0.4, 0.5) is 0 Å². The monoisotopic (exact) mass is 386 g/mol. The highest BCUT2D eigenvalue weighted by molar-refractivity contribution is 7.09. The lowest BCUT2D eigenvalue weighted by Crippen LogP contribution is -2.42. The maximum Gasteiger partial charge on any atom is 0.220 e. The molecule has 146 valence electrons. The Bertz CT molecular complexity index is 709. The van der Waals surface area contributed by atoms with Crippen LogP contribution in [0.3, 0.4) is 0 Å². The molecule has 1 aliphatic heterocycles. The lowest BCUT2D eigenvalue weighted by Gasteiger charge is -2.37. The fourth-order valence-corrected chi connectivity index (χ4v) is 4.42. The van der Waals surface area contributed by atoms with Gasteiger partial charge in [0.2, 0.25) is 5.91 Å². The SMILES string of the molecule is COc1ccccc1C(CNC(=O)CCc1cccs1)N1CCC(C)CC1. The van der Waals surface area contributed by atoms with Crippen molar-refractivity contribution in [3.05, 3.63) is 52.2 Å². The van der Waals surface area contributed by atoms with Gasteiger partial charge in [-0.05, 0) is 55.8 Å². The fourth-order valence-electron chi connectivity index (χ4n) is 3.71. The van der Waals surface area contributed by atoms with Crippen LogP contribution in [0.1, 0.15) is 42.7 Å². The van der Waals surface area contributed by atoms with E-state index in [0.717, 1.165) is 36.7 Å². The van der Waals surface area contributed by atoms with E-state index < -0.39 is 0 Å². The van der Waals surface area contributed by atoms with Crippen LogP contribution in [0.2, 0.25) is 0 Å². The molecule has 0 radical (unpaired) electrons. The Morgan fingerprint density at radius 3 is 2.74 bits per heavy atom. The van der Waals surface area contributed by atoms with Crippen LogP contribution in [-0.2, 0) is 11.2 Å². The third kappa shape index (κ3) is 5.56. The predicted octanol–water partition coefficient (Wildman–Crippen LogP) is 4.28. The molecule has 3 rings (SSSR count). The molecular weight excluding hydrogens is 356 g/mol. The summed E-state index contributed by atoms with van der Waals surface area (Å²) in [6.45, 7) is 5.07. The standard InChI is InChI=1S/C22H30N2O2S/c1-17-11-13-24(14-12-17)20(19-7-3-4-8-21(19)26-2)16-23-22(25)10-9-18-6-5-15-27-18/h3-8,15,17,20H,9-14,16H2,1-2H3,(H,23,25). The largest absolute Gasteiger partial charge is 0.496 e. The maximum atomic E-state index is 12.4. The lowest BCUT2D eigenvalue weighted by molar-refractivity contribution is -0.121. The predicted molar refractivity (Wildman–Crippen MR) is 111 cm³/mol. The van der Waals surface area contributed by atoms with Gasteiger partial charge in [-0.15, -0.1) is 11.3 Å². The van der Waals surface area contributed by atoms with Crippen molar-refractivity contribution >= 4 is 17.2 Å². The zero-order valence-corrected chi connectivity index (χ0v) is 17.1. The van der Waals surface area contributed by atoms with E-state index in [1.807, 2.05) is 18.2 Å². The fraction of sp³-hybridized carbons (Fsp3) is 0.500. The molecule has 1 aromatic heterocycles. The summed E-state index contributed by atoms with van der Waals surface area (Å²) in [4.78, 5) is 16.2. The van der Waals surface area contributed by atoms with Crippen molar-refractivity contribution in [2.75, 3.05) is 26.7 Å². The molecule has 1 aliphatic rings. The van der Waals surface area contributed by atoms with Crippen molar-refractivity contribution < 1.29 is 9.53 Å². The number of methoxy groups -OCH3 is 1. The first-order chi connectivity index (χ1) is 13.2. The molecule has 1 saturated heterocycles. The minimum atomic E-state index is 0.119. The number of para-hydroxylation sites is 1. The molecule has 2 aromatic rings. The molecular formula is C22H30N2O2S. The van der Waals surface area contributed by atoms with E-state index in [-0.39, 0.29) is 11.9 Å². The van der Waals surface area contributed by atoms with Crippen LogP contribution in [0.15, 0.2) is 41.8 Å². The van der Waals surface area contributed by atoms with Crippen molar-refractivity contribution in [2.45, 2.75) is 38.6 Å². The van der Waals surface area contributed by atoms with Gasteiger partial charge < -0.3 is 10.1 Å². The molecule has 0 bridgehead atoms. The number of benzene rings is 1. The van der Waals surface area contributed by atoms with Gasteiger partial charge in [-0.25, -0.2) is 0 Å². The molecule has 1 unspecified atom stereocenters. The summed E-state index contributed by atoms with van der Waals surface area (Å²) in [7, 11) is 1.72. The summed E-state index contributed by atoms with van der Waals surface area (Å²) >= 11 is 1.71. The highest BCUT2D eigenvalue weighted by atomic mass is 32.1. The smallest absolute Gasteiger partial charge is 0.220 e. The molecule has 1 amide bonds. The maximum absolute atomic E-state index is 12.4. The number of nitrogens with one attached hydrogen (secondary N) is 1. The molecule has 0 aliphatic carbocycles. The van der Waals surface area contributed by atoms with Crippen LogP contribution in [0, 0.1) is 5.92 Å². The van der Waals surface area contributed by atoms with Gasteiger partial charge in [-0.1, -0.05) is 31.2 Å². The molecule has 2 heterocycles. The summed E-state index contributed by atoms with van der Waals surface area (Å²) in [5.74, 6) is 1.79. The van der Waals surface area contributed by atoms with Crippen molar-refractivity contribution in [1.82, 2.24) is 10.2 Å². The normalized spacial score (nSPS) is 16.8. The summed E-state index contributed by atoms with van der Waals surface area (Å²) < 4.78 is 5.60. The van der Waals surface area contributed by atoms with Crippen LogP contribution >= 0.6 is 11.3 Å². The third-order valence-electron chi connectivity index (χ3n) is 5.43. The van der Waals surface area contributed by atoms with E-state index in [2.05, 4.69) is 40.7 Å². The molecule has 4 nitrogen and oxygen atoms in total. The highest BCUT2D eigenvalue weighted by Gasteiger charge is 2.27.